The standard InChI is InChI=1S/C13H26N2O3S/c1-4-9-14-11-5-7-12(8-6-11)15-13(16)10(2)19(3,17)18/h10-12,14H,4-9H2,1-3H3,(H,15,16). The molecule has 0 saturated heterocycles. The molecule has 0 radical (unpaired) electrons. The van der Waals surface area contributed by atoms with E-state index < -0.39 is 15.1 Å². The highest BCUT2D eigenvalue weighted by Crippen LogP contribution is 2.19. The number of carbonyl (C=O) groups excluding carboxylic acids is 1. The Labute approximate surface area is 116 Å². The van der Waals surface area contributed by atoms with Crippen LogP contribution in [0, 0.1) is 0 Å². The summed E-state index contributed by atoms with van der Waals surface area (Å²) < 4.78 is 22.6. The minimum Gasteiger partial charge on any atom is -0.352 e. The van der Waals surface area contributed by atoms with E-state index in [4.69, 9.17) is 0 Å². The van der Waals surface area contributed by atoms with E-state index in [1.165, 1.54) is 6.92 Å². The summed E-state index contributed by atoms with van der Waals surface area (Å²) in [5.41, 5.74) is 0. The molecule has 1 rings (SSSR count). The van der Waals surface area contributed by atoms with Gasteiger partial charge in [-0.2, -0.15) is 0 Å². The van der Waals surface area contributed by atoms with Crippen molar-refractivity contribution in [2.75, 3.05) is 12.8 Å². The summed E-state index contributed by atoms with van der Waals surface area (Å²) in [7, 11) is -3.30. The minimum atomic E-state index is -3.30. The second-order valence-electron chi connectivity index (χ2n) is 5.48. The number of hydrogen-bond acceptors (Lipinski definition) is 4. The Bertz CT molecular complexity index is 387. The van der Waals surface area contributed by atoms with Crippen LogP contribution in [-0.2, 0) is 14.6 Å². The Morgan fingerprint density at radius 1 is 1.21 bits per heavy atom. The maximum absolute atomic E-state index is 11.8. The van der Waals surface area contributed by atoms with Gasteiger partial charge in [-0.25, -0.2) is 8.42 Å². The topological polar surface area (TPSA) is 75.3 Å². The second-order valence-corrected chi connectivity index (χ2v) is 7.85. The van der Waals surface area contributed by atoms with Crippen LogP contribution in [0.4, 0.5) is 0 Å². The smallest absolute Gasteiger partial charge is 0.238 e. The van der Waals surface area contributed by atoms with Gasteiger partial charge in [0, 0.05) is 18.3 Å². The highest BCUT2D eigenvalue weighted by atomic mass is 32.2. The van der Waals surface area contributed by atoms with Crippen LogP contribution < -0.4 is 10.6 Å². The number of sulfone groups is 1. The molecule has 2 N–H and O–H groups in total. The van der Waals surface area contributed by atoms with Crippen LogP contribution in [0.15, 0.2) is 0 Å². The lowest BCUT2D eigenvalue weighted by Gasteiger charge is -2.30. The van der Waals surface area contributed by atoms with Gasteiger partial charge in [0.05, 0.1) is 0 Å². The summed E-state index contributed by atoms with van der Waals surface area (Å²) in [6.45, 7) is 4.62. The summed E-state index contributed by atoms with van der Waals surface area (Å²) in [5.74, 6) is -0.368. The Morgan fingerprint density at radius 2 is 1.74 bits per heavy atom. The summed E-state index contributed by atoms with van der Waals surface area (Å²) in [5, 5.41) is 5.38. The molecule has 0 bridgehead atoms. The van der Waals surface area contributed by atoms with Crippen molar-refractivity contribution >= 4 is 15.7 Å². The molecule has 1 unspecified atom stereocenters. The lowest BCUT2D eigenvalue weighted by molar-refractivity contribution is -0.121. The van der Waals surface area contributed by atoms with Crippen molar-refractivity contribution in [1.29, 1.82) is 0 Å². The van der Waals surface area contributed by atoms with Gasteiger partial charge in [0.15, 0.2) is 9.84 Å². The fourth-order valence-electron chi connectivity index (χ4n) is 2.30. The molecule has 1 amide bonds. The molecular formula is C13H26N2O3S. The Balaban J connectivity index is 2.35. The fraction of sp³-hybridized carbons (Fsp3) is 0.923. The Morgan fingerprint density at radius 3 is 2.21 bits per heavy atom. The first-order valence-electron chi connectivity index (χ1n) is 7.07. The predicted molar refractivity (Wildman–Crippen MR) is 76.8 cm³/mol. The molecular weight excluding hydrogens is 264 g/mol. The molecule has 0 spiro atoms. The SMILES string of the molecule is CCCNC1CCC(NC(=O)C(C)S(C)(=O)=O)CC1. The third-order valence-electron chi connectivity index (χ3n) is 3.77. The van der Waals surface area contributed by atoms with Crippen molar-refractivity contribution < 1.29 is 13.2 Å². The van der Waals surface area contributed by atoms with E-state index in [-0.39, 0.29) is 11.9 Å². The molecule has 1 aliphatic carbocycles. The van der Waals surface area contributed by atoms with Crippen LogP contribution in [0.1, 0.15) is 46.0 Å². The zero-order chi connectivity index (χ0) is 14.5. The number of carbonyl (C=O) groups is 1. The molecule has 19 heavy (non-hydrogen) atoms. The number of amides is 1. The largest absolute Gasteiger partial charge is 0.352 e. The number of hydrogen-bond donors (Lipinski definition) is 2. The normalized spacial score (nSPS) is 25.8. The van der Waals surface area contributed by atoms with E-state index in [0.29, 0.717) is 6.04 Å². The third kappa shape index (κ3) is 5.48. The molecule has 0 aromatic rings. The molecule has 0 aromatic heterocycles. The maximum Gasteiger partial charge on any atom is 0.238 e. The van der Waals surface area contributed by atoms with Crippen molar-refractivity contribution in [1.82, 2.24) is 10.6 Å². The first-order chi connectivity index (χ1) is 8.84. The Hall–Kier alpha value is -0.620. The molecule has 0 aromatic carbocycles. The molecule has 112 valence electrons. The van der Waals surface area contributed by atoms with Crippen molar-refractivity contribution in [3.05, 3.63) is 0 Å². The van der Waals surface area contributed by atoms with E-state index in [2.05, 4.69) is 17.6 Å². The Kier molecular flexibility index (Phi) is 6.26. The first-order valence-corrected chi connectivity index (χ1v) is 9.02. The van der Waals surface area contributed by atoms with Gasteiger partial charge in [-0.3, -0.25) is 4.79 Å². The molecule has 1 aliphatic rings. The van der Waals surface area contributed by atoms with Crippen molar-refractivity contribution in [2.24, 2.45) is 0 Å². The van der Waals surface area contributed by atoms with Gasteiger partial charge in [0.2, 0.25) is 5.91 Å². The second kappa shape index (κ2) is 7.24. The van der Waals surface area contributed by atoms with Gasteiger partial charge in [-0.15, -0.1) is 0 Å². The fourth-order valence-corrected chi connectivity index (χ4v) is 2.76. The van der Waals surface area contributed by atoms with Crippen LogP contribution >= 0.6 is 0 Å². The van der Waals surface area contributed by atoms with Crippen LogP contribution in [0.25, 0.3) is 0 Å². The molecule has 0 heterocycles. The lowest BCUT2D eigenvalue weighted by Crippen LogP contribution is -2.46. The van der Waals surface area contributed by atoms with Crippen LogP contribution in [-0.4, -0.2) is 44.5 Å². The van der Waals surface area contributed by atoms with E-state index in [1.54, 1.807) is 0 Å². The van der Waals surface area contributed by atoms with Crippen molar-refractivity contribution in [3.63, 3.8) is 0 Å². The predicted octanol–water partition coefficient (Wildman–Crippen LogP) is 0.847. The number of nitrogens with one attached hydrogen (secondary N) is 2. The minimum absolute atomic E-state index is 0.122. The van der Waals surface area contributed by atoms with Gasteiger partial charge in [0.25, 0.3) is 0 Å². The zero-order valence-electron chi connectivity index (χ0n) is 12.1. The summed E-state index contributed by atoms with van der Waals surface area (Å²) in [6.07, 6.45) is 6.15. The molecule has 1 atom stereocenters. The average Bonchev–Trinajstić information content (AvgIpc) is 2.36. The average molecular weight is 290 g/mol. The van der Waals surface area contributed by atoms with E-state index >= 15 is 0 Å². The van der Waals surface area contributed by atoms with E-state index in [9.17, 15) is 13.2 Å². The quantitative estimate of drug-likeness (QED) is 0.760. The van der Waals surface area contributed by atoms with Crippen LogP contribution in [0.3, 0.4) is 0 Å². The molecule has 0 aliphatic heterocycles. The summed E-state index contributed by atoms with van der Waals surface area (Å²) in [6, 6.07) is 0.664. The van der Waals surface area contributed by atoms with Crippen molar-refractivity contribution in [2.45, 2.75) is 63.3 Å². The van der Waals surface area contributed by atoms with Crippen LogP contribution in [0.5, 0.6) is 0 Å². The molecule has 5 nitrogen and oxygen atoms in total. The number of rotatable bonds is 6. The highest BCUT2D eigenvalue weighted by Gasteiger charge is 2.27. The van der Waals surface area contributed by atoms with Gasteiger partial charge in [-0.05, 0) is 45.6 Å². The molecule has 6 heteroatoms. The monoisotopic (exact) mass is 290 g/mol. The van der Waals surface area contributed by atoms with Crippen molar-refractivity contribution in [3.8, 4) is 0 Å². The van der Waals surface area contributed by atoms with Gasteiger partial charge in [0.1, 0.15) is 5.25 Å². The van der Waals surface area contributed by atoms with E-state index in [1.807, 2.05) is 0 Å². The maximum atomic E-state index is 11.8. The van der Waals surface area contributed by atoms with Gasteiger partial charge in [-0.1, -0.05) is 6.92 Å². The molecule has 1 saturated carbocycles. The summed E-state index contributed by atoms with van der Waals surface area (Å²) in [4.78, 5) is 11.8. The van der Waals surface area contributed by atoms with E-state index in [0.717, 1.165) is 44.9 Å². The van der Waals surface area contributed by atoms with Crippen LogP contribution in [0.2, 0.25) is 0 Å². The summed E-state index contributed by atoms with van der Waals surface area (Å²) >= 11 is 0. The first kappa shape index (κ1) is 16.4. The zero-order valence-corrected chi connectivity index (χ0v) is 12.9. The molecule has 1 fully saturated rings. The lowest BCUT2D eigenvalue weighted by atomic mass is 9.91. The van der Waals surface area contributed by atoms with Gasteiger partial charge < -0.3 is 10.6 Å². The highest BCUT2D eigenvalue weighted by molar-refractivity contribution is 7.92. The van der Waals surface area contributed by atoms with Gasteiger partial charge >= 0.3 is 0 Å². The third-order valence-corrected chi connectivity index (χ3v) is 5.27.